The molecule has 2 heterocycles. The van der Waals surface area contributed by atoms with E-state index in [1.807, 2.05) is 12.1 Å². The highest BCUT2D eigenvalue weighted by atomic mass is 127. The van der Waals surface area contributed by atoms with Crippen molar-refractivity contribution in [3.8, 4) is 0 Å². The number of anilines is 1. The van der Waals surface area contributed by atoms with Crippen LogP contribution in [0.4, 0.5) is 5.69 Å². The van der Waals surface area contributed by atoms with E-state index in [0.29, 0.717) is 6.04 Å². The zero-order chi connectivity index (χ0) is 17.3. The Kier molecular flexibility index (Phi) is 8.80. The molecule has 0 amide bonds. The minimum absolute atomic E-state index is 0. The van der Waals surface area contributed by atoms with Crippen molar-refractivity contribution in [1.82, 2.24) is 10.6 Å². The molecule has 1 aliphatic rings. The van der Waals surface area contributed by atoms with E-state index in [2.05, 4.69) is 52.8 Å². The minimum Gasteiger partial charge on any atom is -0.469 e. The maximum Gasteiger partial charge on any atom is 0.191 e. The topological polar surface area (TPSA) is 52.8 Å². The molecule has 0 bridgehead atoms. The molecule has 1 aromatic carbocycles. The van der Waals surface area contributed by atoms with Gasteiger partial charge in [-0.25, -0.2) is 0 Å². The van der Waals surface area contributed by atoms with E-state index in [1.54, 1.807) is 6.26 Å². The van der Waals surface area contributed by atoms with E-state index >= 15 is 0 Å². The van der Waals surface area contributed by atoms with E-state index in [9.17, 15) is 0 Å². The average molecular weight is 468 g/mol. The fraction of sp³-hybridized carbons (Fsp3) is 0.450. The first-order valence-electron chi connectivity index (χ1n) is 9.22. The number of hydrogen-bond acceptors (Lipinski definition) is 3. The molecule has 1 aromatic heterocycles. The molecule has 142 valence electrons. The lowest BCUT2D eigenvalue weighted by molar-refractivity contribution is 0.467. The van der Waals surface area contributed by atoms with Crippen molar-refractivity contribution in [3.05, 3.63) is 54.5 Å². The predicted molar refractivity (Wildman–Crippen MR) is 119 cm³/mol. The van der Waals surface area contributed by atoms with Crippen LogP contribution in [-0.2, 0) is 6.42 Å². The Morgan fingerprint density at radius 1 is 1.23 bits per heavy atom. The average Bonchev–Trinajstić information content (AvgIpc) is 3.16. The van der Waals surface area contributed by atoms with E-state index < -0.39 is 0 Å². The zero-order valence-electron chi connectivity index (χ0n) is 15.4. The number of para-hydroxylation sites is 1. The molecule has 1 unspecified atom stereocenters. The second kappa shape index (κ2) is 11.1. The third kappa shape index (κ3) is 6.23. The number of nitrogens with zero attached hydrogens (tertiary/aromatic N) is 2. The van der Waals surface area contributed by atoms with Gasteiger partial charge < -0.3 is 20.0 Å². The molecule has 0 spiro atoms. The van der Waals surface area contributed by atoms with Gasteiger partial charge in [-0.3, -0.25) is 4.99 Å². The van der Waals surface area contributed by atoms with Crippen LogP contribution in [0.3, 0.4) is 0 Å². The maximum atomic E-state index is 5.37. The van der Waals surface area contributed by atoms with Gasteiger partial charge in [0.25, 0.3) is 0 Å². The SMILES string of the molecule is CCNC(=NCCc1ccco1)NC1CCCN(c2ccccc2)C1.I. The Morgan fingerprint density at radius 2 is 2.08 bits per heavy atom. The van der Waals surface area contributed by atoms with Crippen LogP contribution >= 0.6 is 24.0 Å². The summed E-state index contributed by atoms with van der Waals surface area (Å²) >= 11 is 0. The van der Waals surface area contributed by atoms with Gasteiger partial charge in [-0.15, -0.1) is 24.0 Å². The molecule has 26 heavy (non-hydrogen) atoms. The van der Waals surface area contributed by atoms with Gasteiger partial charge in [0.2, 0.25) is 0 Å². The van der Waals surface area contributed by atoms with Gasteiger partial charge in [0.05, 0.1) is 6.26 Å². The molecule has 1 aliphatic heterocycles. The van der Waals surface area contributed by atoms with Gasteiger partial charge in [0.15, 0.2) is 5.96 Å². The molecule has 0 radical (unpaired) electrons. The molecule has 0 aliphatic carbocycles. The summed E-state index contributed by atoms with van der Waals surface area (Å²) in [7, 11) is 0. The van der Waals surface area contributed by atoms with Gasteiger partial charge in [-0.1, -0.05) is 18.2 Å². The first-order valence-corrected chi connectivity index (χ1v) is 9.22. The molecular weight excluding hydrogens is 439 g/mol. The summed E-state index contributed by atoms with van der Waals surface area (Å²) in [6.07, 6.45) is 4.90. The van der Waals surface area contributed by atoms with Gasteiger partial charge in [0, 0.05) is 44.3 Å². The zero-order valence-corrected chi connectivity index (χ0v) is 17.7. The van der Waals surface area contributed by atoms with Crippen LogP contribution in [0.2, 0.25) is 0 Å². The summed E-state index contributed by atoms with van der Waals surface area (Å²) in [6, 6.07) is 15.0. The standard InChI is InChI=1S/C20H28N4O.HI/c1-2-21-20(22-13-12-19-11-7-15-25-19)23-17-8-6-14-24(16-17)18-9-4-3-5-10-18;/h3-5,7,9-11,15,17H,2,6,8,12-14,16H2,1H3,(H2,21,22,23);1H. The van der Waals surface area contributed by atoms with Gasteiger partial charge in [-0.2, -0.15) is 0 Å². The van der Waals surface area contributed by atoms with Crippen molar-refractivity contribution in [2.24, 2.45) is 4.99 Å². The number of furan rings is 1. The third-order valence-electron chi connectivity index (χ3n) is 4.44. The van der Waals surface area contributed by atoms with E-state index in [-0.39, 0.29) is 24.0 Å². The van der Waals surface area contributed by atoms with Crippen molar-refractivity contribution in [1.29, 1.82) is 0 Å². The molecule has 1 atom stereocenters. The summed E-state index contributed by atoms with van der Waals surface area (Å²) in [5.41, 5.74) is 1.30. The van der Waals surface area contributed by atoms with Gasteiger partial charge in [-0.05, 0) is 44.0 Å². The Bertz CT molecular complexity index is 645. The maximum absolute atomic E-state index is 5.37. The molecule has 6 heteroatoms. The van der Waals surface area contributed by atoms with Crippen molar-refractivity contribution >= 4 is 35.6 Å². The van der Waals surface area contributed by atoms with Crippen LogP contribution in [0, 0.1) is 0 Å². The number of benzene rings is 1. The Morgan fingerprint density at radius 3 is 2.81 bits per heavy atom. The summed E-state index contributed by atoms with van der Waals surface area (Å²) in [5.74, 6) is 1.88. The van der Waals surface area contributed by atoms with Crippen LogP contribution < -0.4 is 15.5 Å². The van der Waals surface area contributed by atoms with Crippen LogP contribution in [-0.4, -0.2) is 38.2 Å². The number of halogens is 1. The number of guanidine groups is 1. The lowest BCUT2D eigenvalue weighted by atomic mass is 10.1. The van der Waals surface area contributed by atoms with E-state index in [1.165, 1.54) is 18.5 Å². The number of hydrogen-bond donors (Lipinski definition) is 2. The second-order valence-electron chi connectivity index (χ2n) is 6.36. The Labute approximate surface area is 173 Å². The molecule has 5 nitrogen and oxygen atoms in total. The summed E-state index contributed by atoms with van der Waals surface area (Å²) in [4.78, 5) is 7.15. The van der Waals surface area contributed by atoms with Gasteiger partial charge in [0.1, 0.15) is 5.76 Å². The Hall–Kier alpha value is -1.70. The smallest absolute Gasteiger partial charge is 0.191 e. The molecule has 2 N–H and O–H groups in total. The molecule has 1 fully saturated rings. The highest BCUT2D eigenvalue weighted by molar-refractivity contribution is 14.0. The quantitative estimate of drug-likeness (QED) is 0.386. The molecular formula is C20H29IN4O. The molecule has 2 aromatic rings. The third-order valence-corrected chi connectivity index (χ3v) is 4.44. The lowest BCUT2D eigenvalue weighted by Gasteiger charge is -2.35. The Balaban J connectivity index is 0.00000243. The highest BCUT2D eigenvalue weighted by Gasteiger charge is 2.20. The molecule has 1 saturated heterocycles. The van der Waals surface area contributed by atoms with Crippen LogP contribution in [0.15, 0.2) is 58.1 Å². The predicted octanol–water partition coefficient (Wildman–Crippen LogP) is 3.66. The number of piperidine rings is 1. The molecule has 3 rings (SSSR count). The van der Waals surface area contributed by atoms with Crippen molar-refractivity contribution in [2.45, 2.75) is 32.2 Å². The summed E-state index contributed by atoms with van der Waals surface area (Å²) < 4.78 is 5.37. The van der Waals surface area contributed by atoms with Gasteiger partial charge >= 0.3 is 0 Å². The fourth-order valence-electron chi connectivity index (χ4n) is 3.21. The number of rotatable bonds is 6. The van der Waals surface area contributed by atoms with Crippen molar-refractivity contribution < 1.29 is 4.42 Å². The molecule has 0 saturated carbocycles. The number of nitrogens with one attached hydrogen (secondary N) is 2. The normalized spacial score (nSPS) is 17.5. The monoisotopic (exact) mass is 468 g/mol. The number of aliphatic imine (C=N–C) groups is 1. The largest absolute Gasteiger partial charge is 0.469 e. The van der Waals surface area contributed by atoms with Crippen LogP contribution in [0.25, 0.3) is 0 Å². The second-order valence-corrected chi connectivity index (χ2v) is 6.36. The lowest BCUT2D eigenvalue weighted by Crippen LogP contribution is -2.51. The van der Waals surface area contributed by atoms with E-state index in [4.69, 9.17) is 9.41 Å². The van der Waals surface area contributed by atoms with E-state index in [0.717, 1.165) is 44.3 Å². The first kappa shape index (κ1) is 20.6. The highest BCUT2D eigenvalue weighted by Crippen LogP contribution is 2.19. The fourth-order valence-corrected chi connectivity index (χ4v) is 3.21. The first-order chi connectivity index (χ1) is 12.3. The van der Waals surface area contributed by atoms with Crippen molar-refractivity contribution in [3.63, 3.8) is 0 Å². The summed E-state index contributed by atoms with van der Waals surface area (Å²) in [6.45, 7) is 5.81. The summed E-state index contributed by atoms with van der Waals surface area (Å²) in [5, 5.41) is 6.96. The minimum atomic E-state index is 0. The van der Waals surface area contributed by atoms with Crippen LogP contribution in [0.1, 0.15) is 25.5 Å². The van der Waals surface area contributed by atoms with Crippen LogP contribution in [0.5, 0.6) is 0 Å². The van der Waals surface area contributed by atoms with Crippen molar-refractivity contribution in [2.75, 3.05) is 31.1 Å².